The van der Waals surface area contributed by atoms with Crippen LogP contribution in [-0.2, 0) is 7.05 Å². The Labute approximate surface area is 100 Å². The summed E-state index contributed by atoms with van der Waals surface area (Å²) in [6.45, 7) is 4.24. The molecule has 0 spiro atoms. The first-order valence-corrected chi connectivity index (χ1v) is 5.77. The van der Waals surface area contributed by atoms with E-state index in [9.17, 15) is 5.11 Å². The Morgan fingerprint density at radius 1 is 1.00 bits per heavy atom. The number of hydrogen-bond donors (Lipinski definition) is 1. The maximum atomic E-state index is 9.65. The summed E-state index contributed by atoms with van der Waals surface area (Å²) >= 11 is 0. The van der Waals surface area contributed by atoms with Crippen LogP contribution in [0.25, 0.3) is 21.8 Å². The summed E-state index contributed by atoms with van der Waals surface area (Å²) in [5.41, 5.74) is 4.94. The van der Waals surface area contributed by atoms with Crippen LogP contribution in [0, 0.1) is 13.8 Å². The lowest BCUT2D eigenvalue weighted by Gasteiger charge is -2.03. The predicted octanol–water partition coefficient (Wildman–Crippen LogP) is 3.65. The molecule has 1 heterocycles. The zero-order chi connectivity index (χ0) is 12.2. The summed E-state index contributed by atoms with van der Waals surface area (Å²) in [6, 6.07) is 9.86. The van der Waals surface area contributed by atoms with Crippen molar-refractivity contribution >= 4 is 21.8 Å². The van der Waals surface area contributed by atoms with Crippen LogP contribution in [0.3, 0.4) is 0 Å². The van der Waals surface area contributed by atoms with Gasteiger partial charge in [0.1, 0.15) is 5.75 Å². The first-order chi connectivity index (χ1) is 8.09. The Morgan fingerprint density at radius 3 is 2.47 bits per heavy atom. The minimum atomic E-state index is 0.325. The number of aromatic nitrogens is 1. The second-order valence-electron chi connectivity index (χ2n) is 4.68. The van der Waals surface area contributed by atoms with Gasteiger partial charge in [0.05, 0.1) is 5.52 Å². The number of phenols is 1. The number of nitrogens with zero attached hydrogens (tertiary/aromatic N) is 1. The van der Waals surface area contributed by atoms with Crippen LogP contribution in [0.1, 0.15) is 11.1 Å². The third-order valence-electron chi connectivity index (χ3n) is 3.53. The molecular weight excluding hydrogens is 210 g/mol. The van der Waals surface area contributed by atoms with Gasteiger partial charge in [0.25, 0.3) is 0 Å². The molecule has 0 atom stereocenters. The summed E-state index contributed by atoms with van der Waals surface area (Å²) in [4.78, 5) is 0. The number of fused-ring (bicyclic) bond motifs is 3. The number of aryl methyl sites for hydroxylation is 3. The van der Waals surface area contributed by atoms with Crippen LogP contribution in [0.15, 0.2) is 30.3 Å². The molecule has 3 aromatic rings. The topological polar surface area (TPSA) is 25.2 Å². The molecule has 86 valence electrons. The van der Waals surface area contributed by atoms with Crippen LogP contribution < -0.4 is 0 Å². The fraction of sp³-hybridized carbons (Fsp3) is 0.200. The third-order valence-corrected chi connectivity index (χ3v) is 3.53. The van der Waals surface area contributed by atoms with Gasteiger partial charge in [-0.3, -0.25) is 0 Å². The molecule has 2 heteroatoms. The maximum absolute atomic E-state index is 9.65. The summed E-state index contributed by atoms with van der Waals surface area (Å²) < 4.78 is 2.20. The Hall–Kier alpha value is -1.96. The molecule has 17 heavy (non-hydrogen) atoms. The van der Waals surface area contributed by atoms with Gasteiger partial charge in [-0.05, 0) is 43.2 Å². The van der Waals surface area contributed by atoms with E-state index in [1.54, 1.807) is 6.07 Å². The molecule has 0 saturated heterocycles. The van der Waals surface area contributed by atoms with Crippen molar-refractivity contribution in [3.05, 3.63) is 41.5 Å². The van der Waals surface area contributed by atoms with Crippen molar-refractivity contribution in [2.75, 3.05) is 0 Å². The van der Waals surface area contributed by atoms with E-state index in [4.69, 9.17) is 0 Å². The molecule has 0 radical (unpaired) electrons. The SMILES string of the molecule is Cc1ccc(C)c2c1c1cc(O)ccc1n2C. The minimum absolute atomic E-state index is 0.325. The summed E-state index contributed by atoms with van der Waals surface area (Å²) in [5, 5.41) is 12.0. The molecule has 2 aromatic carbocycles. The van der Waals surface area contributed by atoms with Gasteiger partial charge in [-0.1, -0.05) is 12.1 Å². The van der Waals surface area contributed by atoms with E-state index in [1.165, 1.54) is 22.0 Å². The molecule has 0 aliphatic heterocycles. The fourth-order valence-electron chi connectivity index (χ4n) is 2.71. The number of phenolic OH excluding ortho intramolecular Hbond substituents is 1. The second kappa shape index (κ2) is 3.27. The van der Waals surface area contributed by atoms with E-state index in [2.05, 4.69) is 37.6 Å². The molecule has 0 amide bonds. The largest absolute Gasteiger partial charge is 0.508 e. The van der Waals surface area contributed by atoms with E-state index >= 15 is 0 Å². The minimum Gasteiger partial charge on any atom is -0.508 e. The van der Waals surface area contributed by atoms with Gasteiger partial charge in [-0.15, -0.1) is 0 Å². The van der Waals surface area contributed by atoms with E-state index in [0.717, 1.165) is 10.9 Å². The summed E-state index contributed by atoms with van der Waals surface area (Å²) in [6.07, 6.45) is 0. The molecule has 0 fully saturated rings. The molecule has 0 aliphatic rings. The van der Waals surface area contributed by atoms with E-state index in [1.807, 2.05) is 12.1 Å². The van der Waals surface area contributed by atoms with Crippen molar-refractivity contribution in [3.8, 4) is 5.75 Å². The molecule has 3 rings (SSSR count). The highest BCUT2D eigenvalue weighted by Crippen LogP contribution is 2.34. The fourth-order valence-corrected chi connectivity index (χ4v) is 2.71. The zero-order valence-corrected chi connectivity index (χ0v) is 10.3. The first-order valence-electron chi connectivity index (χ1n) is 5.77. The van der Waals surface area contributed by atoms with Gasteiger partial charge in [0, 0.05) is 23.3 Å². The maximum Gasteiger partial charge on any atom is 0.116 e. The molecular formula is C15H15NO. The van der Waals surface area contributed by atoms with Crippen LogP contribution in [-0.4, -0.2) is 9.67 Å². The highest BCUT2D eigenvalue weighted by molar-refractivity contribution is 6.11. The molecule has 0 aliphatic carbocycles. The number of hydrogen-bond acceptors (Lipinski definition) is 1. The number of rotatable bonds is 0. The summed E-state index contributed by atoms with van der Waals surface area (Å²) in [7, 11) is 2.08. The zero-order valence-electron chi connectivity index (χ0n) is 10.3. The van der Waals surface area contributed by atoms with Crippen molar-refractivity contribution in [3.63, 3.8) is 0 Å². The monoisotopic (exact) mass is 225 g/mol. The van der Waals surface area contributed by atoms with Crippen molar-refractivity contribution in [1.29, 1.82) is 0 Å². The van der Waals surface area contributed by atoms with Crippen LogP contribution in [0.4, 0.5) is 0 Å². The Bertz CT molecular complexity index is 738. The van der Waals surface area contributed by atoms with Crippen molar-refractivity contribution in [2.45, 2.75) is 13.8 Å². The van der Waals surface area contributed by atoms with Crippen molar-refractivity contribution < 1.29 is 5.11 Å². The molecule has 1 N–H and O–H groups in total. The third kappa shape index (κ3) is 1.27. The highest BCUT2D eigenvalue weighted by atomic mass is 16.3. The molecule has 0 bridgehead atoms. The van der Waals surface area contributed by atoms with Crippen LogP contribution in [0.2, 0.25) is 0 Å². The standard InChI is InChI=1S/C15H15NO/c1-9-4-5-10(2)15-14(9)12-8-11(17)6-7-13(12)16(15)3/h4-8,17H,1-3H3. The number of aromatic hydroxyl groups is 1. The van der Waals surface area contributed by atoms with Gasteiger partial charge < -0.3 is 9.67 Å². The molecule has 1 aromatic heterocycles. The second-order valence-corrected chi connectivity index (χ2v) is 4.68. The number of benzene rings is 2. The molecule has 0 saturated carbocycles. The van der Waals surface area contributed by atoms with Gasteiger partial charge >= 0.3 is 0 Å². The first kappa shape index (κ1) is 10.2. The van der Waals surface area contributed by atoms with Gasteiger partial charge in [-0.25, -0.2) is 0 Å². The average molecular weight is 225 g/mol. The molecule has 0 unspecified atom stereocenters. The average Bonchev–Trinajstić information content (AvgIpc) is 2.58. The van der Waals surface area contributed by atoms with Gasteiger partial charge in [0.2, 0.25) is 0 Å². The quantitative estimate of drug-likeness (QED) is 0.620. The Morgan fingerprint density at radius 2 is 1.71 bits per heavy atom. The van der Waals surface area contributed by atoms with Crippen molar-refractivity contribution in [1.82, 2.24) is 4.57 Å². The predicted molar refractivity (Wildman–Crippen MR) is 71.6 cm³/mol. The van der Waals surface area contributed by atoms with E-state index in [-0.39, 0.29) is 0 Å². The Balaban J connectivity index is 2.69. The van der Waals surface area contributed by atoms with Gasteiger partial charge in [0.15, 0.2) is 0 Å². The molecule has 2 nitrogen and oxygen atoms in total. The van der Waals surface area contributed by atoms with Crippen LogP contribution >= 0.6 is 0 Å². The summed E-state index contributed by atoms with van der Waals surface area (Å²) in [5.74, 6) is 0.325. The van der Waals surface area contributed by atoms with Crippen molar-refractivity contribution in [2.24, 2.45) is 7.05 Å². The Kier molecular flexibility index (Phi) is 1.96. The van der Waals surface area contributed by atoms with E-state index in [0.29, 0.717) is 5.75 Å². The van der Waals surface area contributed by atoms with E-state index < -0.39 is 0 Å². The lowest BCUT2D eigenvalue weighted by molar-refractivity contribution is 0.476. The van der Waals surface area contributed by atoms with Crippen LogP contribution in [0.5, 0.6) is 5.75 Å². The van der Waals surface area contributed by atoms with Gasteiger partial charge in [-0.2, -0.15) is 0 Å². The lowest BCUT2D eigenvalue weighted by Crippen LogP contribution is -1.89. The lowest BCUT2D eigenvalue weighted by atomic mass is 10.0. The highest BCUT2D eigenvalue weighted by Gasteiger charge is 2.12. The normalized spacial score (nSPS) is 11.5. The smallest absolute Gasteiger partial charge is 0.116 e.